The van der Waals surface area contributed by atoms with Gasteiger partial charge in [0.1, 0.15) is 6.04 Å². The Hall–Kier alpha value is -1.91. The van der Waals surface area contributed by atoms with Gasteiger partial charge in [0.2, 0.25) is 5.91 Å². The lowest BCUT2D eigenvalue weighted by atomic mass is 10.1. The molecule has 1 atom stereocenters. The Balaban J connectivity index is 1.97. The molecule has 5 nitrogen and oxygen atoms in total. The summed E-state index contributed by atoms with van der Waals surface area (Å²) in [6.07, 6.45) is 5.96. The minimum absolute atomic E-state index is 0.281. The summed E-state index contributed by atoms with van der Waals surface area (Å²) in [5.74, 6) is -0.221. The number of hydrogen-bond donors (Lipinski definition) is 2. The van der Waals surface area contributed by atoms with Gasteiger partial charge < -0.3 is 11.1 Å². The lowest BCUT2D eigenvalue weighted by Gasteiger charge is -2.14. The van der Waals surface area contributed by atoms with Crippen molar-refractivity contribution >= 4 is 11.8 Å². The van der Waals surface area contributed by atoms with Crippen molar-refractivity contribution in [2.75, 3.05) is 0 Å². The molecular formula is C12H15N3O2. The minimum atomic E-state index is -0.567. The van der Waals surface area contributed by atoms with Crippen molar-refractivity contribution in [1.82, 2.24) is 10.3 Å². The van der Waals surface area contributed by atoms with Gasteiger partial charge >= 0.3 is 0 Å². The Morgan fingerprint density at radius 2 is 2.06 bits per heavy atom. The third-order valence-corrected chi connectivity index (χ3v) is 2.86. The van der Waals surface area contributed by atoms with Crippen LogP contribution in [-0.2, 0) is 4.79 Å². The van der Waals surface area contributed by atoms with E-state index >= 15 is 0 Å². The highest BCUT2D eigenvalue weighted by Crippen LogP contribution is 2.33. The van der Waals surface area contributed by atoms with E-state index in [1.165, 1.54) is 12.4 Å². The molecule has 0 radical (unpaired) electrons. The Morgan fingerprint density at radius 3 is 2.59 bits per heavy atom. The summed E-state index contributed by atoms with van der Waals surface area (Å²) in [7, 11) is 0. The van der Waals surface area contributed by atoms with E-state index in [-0.39, 0.29) is 5.91 Å². The number of carbonyl (C=O) groups excluding carboxylic acids is 2. The van der Waals surface area contributed by atoms with Crippen LogP contribution in [-0.4, -0.2) is 22.8 Å². The van der Waals surface area contributed by atoms with Crippen molar-refractivity contribution in [3.63, 3.8) is 0 Å². The molecule has 0 aliphatic heterocycles. The monoisotopic (exact) mass is 233 g/mol. The van der Waals surface area contributed by atoms with Crippen LogP contribution in [0.25, 0.3) is 0 Å². The van der Waals surface area contributed by atoms with Crippen LogP contribution in [0.3, 0.4) is 0 Å². The highest BCUT2D eigenvalue weighted by Gasteiger charge is 2.29. The number of rotatable bonds is 5. The standard InChI is InChI=1S/C12H15N3O2/c13-11(16)10(7-8-1-2-8)15-12(17)9-3-5-14-6-4-9/h3-6,8,10H,1-2,7H2,(H2,13,16)(H,15,17)/t10-/m0/s1. The molecule has 1 aliphatic carbocycles. The average molecular weight is 233 g/mol. The van der Waals surface area contributed by atoms with Crippen LogP contribution in [0.2, 0.25) is 0 Å². The van der Waals surface area contributed by atoms with E-state index in [0.717, 1.165) is 12.8 Å². The van der Waals surface area contributed by atoms with Crippen LogP contribution in [0.4, 0.5) is 0 Å². The summed E-state index contributed by atoms with van der Waals surface area (Å²) in [5, 5.41) is 2.66. The van der Waals surface area contributed by atoms with E-state index in [1.807, 2.05) is 0 Å². The molecule has 1 aliphatic rings. The highest BCUT2D eigenvalue weighted by atomic mass is 16.2. The van der Waals surface area contributed by atoms with Crippen LogP contribution < -0.4 is 11.1 Å². The number of nitrogens with one attached hydrogen (secondary N) is 1. The van der Waals surface area contributed by atoms with E-state index in [4.69, 9.17) is 5.73 Å². The summed E-state index contributed by atoms with van der Waals surface area (Å²) in [5.41, 5.74) is 5.76. The number of primary amides is 1. The molecule has 17 heavy (non-hydrogen) atoms. The van der Waals surface area contributed by atoms with Crippen molar-refractivity contribution in [2.24, 2.45) is 11.7 Å². The lowest BCUT2D eigenvalue weighted by molar-refractivity contribution is -0.120. The zero-order valence-electron chi connectivity index (χ0n) is 9.43. The van der Waals surface area contributed by atoms with Crippen LogP contribution in [0, 0.1) is 5.92 Å². The number of nitrogens with two attached hydrogens (primary N) is 1. The first kappa shape index (κ1) is 11.6. The molecule has 0 saturated heterocycles. The van der Waals surface area contributed by atoms with Crippen LogP contribution in [0.5, 0.6) is 0 Å². The van der Waals surface area contributed by atoms with Gasteiger partial charge in [-0.15, -0.1) is 0 Å². The third kappa shape index (κ3) is 3.27. The molecule has 0 aromatic carbocycles. The Kier molecular flexibility index (Phi) is 3.37. The molecular weight excluding hydrogens is 218 g/mol. The first-order chi connectivity index (χ1) is 8.16. The second-order valence-electron chi connectivity index (χ2n) is 4.34. The molecule has 90 valence electrons. The van der Waals surface area contributed by atoms with Gasteiger partial charge in [0.15, 0.2) is 0 Å². The number of hydrogen-bond acceptors (Lipinski definition) is 3. The fraction of sp³-hybridized carbons (Fsp3) is 0.417. The summed E-state index contributed by atoms with van der Waals surface area (Å²) >= 11 is 0. The van der Waals surface area contributed by atoms with E-state index in [2.05, 4.69) is 10.3 Å². The summed E-state index contributed by atoms with van der Waals surface area (Å²) < 4.78 is 0. The zero-order valence-corrected chi connectivity index (χ0v) is 9.43. The van der Waals surface area contributed by atoms with Crippen molar-refractivity contribution in [2.45, 2.75) is 25.3 Å². The Labute approximate surface area is 99.4 Å². The molecule has 0 bridgehead atoms. The molecule has 1 saturated carbocycles. The van der Waals surface area contributed by atoms with Gasteiger partial charge in [-0.2, -0.15) is 0 Å². The molecule has 1 aromatic heterocycles. The maximum atomic E-state index is 11.8. The van der Waals surface area contributed by atoms with Crippen molar-refractivity contribution in [3.05, 3.63) is 30.1 Å². The highest BCUT2D eigenvalue weighted by molar-refractivity contribution is 5.97. The molecule has 2 rings (SSSR count). The van der Waals surface area contributed by atoms with Gasteiger partial charge in [0.05, 0.1) is 0 Å². The molecule has 1 aromatic rings. The smallest absolute Gasteiger partial charge is 0.252 e. The minimum Gasteiger partial charge on any atom is -0.368 e. The average Bonchev–Trinajstić information content (AvgIpc) is 3.13. The largest absolute Gasteiger partial charge is 0.368 e. The van der Waals surface area contributed by atoms with E-state index in [9.17, 15) is 9.59 Å². The van der Waals surface area contributed by atoms with Crippen molar-refractivity contribution in [1.29, 1.82) is 0 Å². The summed E-state index contributed by atoms with van der Waals surface area (Å²) in [6, 6.07) is 2.64. The van der Waals surface area contributed by atoms with Crippen molar-refractivity contribution in [3.8, 4) is 0 Å². The van der Waals surface area contributed by atoms with Crippen LogP contribution in [0.1, 0.15) is 29.6 Å². The Bertz CT molecular complexity index is 415. The van der Waals surface area contributed by atoms with E-state index < -0.39 is 11.9 Å². The van der Waals surface area contributed by atoms with Gasteiger partial charge in [-0.05, 0) is 24.5 Å². The second kappa shape index (κ2) is 4.95. The topological polar surface area (TPSA) is 85.1 Å². The second-order valence-corrected chi connectivity index (χ2v) is 4.34. The number of aromatic nitrogens is 1. The first-order valence-electron chi connectivity index (χ1n) is 5.67. The number of pyridine rings is 1. The molecule has 1 fully saturated rings. The van der Waals surface area contributed by atoms with Gasteiger partial charge in [0.25, 0.3) is 5.91 Å². The SMILES string of the molecule is NC(=O)[C@H](CC1CC1)NC(=O)c1ccncc1. The van der Waals surface area contributed by atoms with Gasteiger partial charge in [0, 0.05) is 18.0 Å². The molecule has 5 heteroatoms. The number of nitrogens with zero attached hydrogens (tertiary/aromatic N) is 1. The lowest BCUT2D eigenvalue weighted by Crippen LogP contribution is -2.44. The molecule has 2 amide bonds. The molecule has 1 heterocycles. The third-order valence-electron chi connectivity index (χ3n) is 2.86. The predicted molar refractivity (Wildman–Crippen MR) is 62.0 cm³/mol. The van der Waals surface area contributed by atoms with E-state index in [1.54, 1.807) is 12.1 Å². The fourth-order valence-electron chi connectivity index (χ4n) is 1.68. The number of amides is 2. The first-order valence-corrected chi connectivity index (χ1v) is 5.67. The van der Waals surface area contributed by atoms with Gasteiger partial charge in [-0.1, -0.05) is 12.8 Å². The summed E-state index contributed by atoms with van der Waals surface area (Å²) in [6.45, 7) is 0. The van der Waals surface area contributed by atoms with E-state index in [0.29, 0.717) is 17.9 Å². The van der Waals surface area contributed by atoms with Gasteiger partial charge in [-0.3, -0.25) is 14.6 Å². The Morgan fingerprint density at radius 1 is 1.41 bits per heavy atom. The number of carbonyl (C=O) groups is 2. The zero-order chi connectivity index (χ0) is 12.3. The maximum Gasteiger partial charge on any atom is 0.252 e. The molecule has 0 spiro atoms. The molecule has 0 unspecified atom stereocenters. The normalized spacial score (nSPS) is 16.2. The van der Waals surface area contributed by atoms with Crippen molar-refractivity contribution < 1.29 is 9.59 Å². The summed E-state index contributed by atoms with van der Waals surface area (Å²) in [4.78, 5) is 26.9. The maximum absolute atomic E-state index is 11.8. The molecule has 3 N–H and O–H groups in total. The van der Waals surface area contributed by atoms with Crippen LogP contribution >= 0.6 is 0 Å². The fourth-order valence-corrected chi connectivity index (χ4v) is 1.68. The van der Waals surface area contributed by atoms with Gasteiger partial charge in [-0.25, -0.2) is 0 Å². The van der Waals surface area contributed by atoms with Crippen LogP contribution in [0.15, 0.2) is 24.5 Å². The predicted octanol–water partition coefficient (Wildman–Crippen LogP) is 0.465. The quantitative estimate of drug-likeness (QED) is 0.775.